The van der Waals surface area contributed by atoms with Crippen LogP contribution >= 0.6 is 11.8 Å². The van der Waals surface area contributed by atoms with E-state index in [1.807, 2.05) is 36.4 Å². The van der Waals surface area contributed by atoms with Gasteiger partial charge in [0, 0.05) is 16.6 Å². The summed E-state index contributed by atoms with van der Waals surface area (Å²) in [4.78, 5) is 25.6. The van der Waals surface area contributed by atoms with Gasteiger partial charge in [0.05, 0.1) is 11.3 Å². The van der Waals surface area contributed by atoms with Crippen LogP contribution in [0.15, 0.2) is 53.4 Å². The highest BCUT2D eigenvalue weighted by Crippen LogP contribution is 2.30. The van der Waals surface area contributed by atoms with E-state index in [1.54, 1.807) is 23.9 Å². The average Bonchev–Trinajstić information content (AvgIpc) is 2.56. The van der Waals surface area contributed by atoms with Crippen LogP contribution < -0.4 is 5.32 Å². The molecule has 1 heterocycles. The number of hydrogen-bond acceptors (Lipinski definition) is 4. The van der Waals surface area contributed by atoms with Gasteiger partial charge in [-0.15, -0.1) is 11.8 Å². The number of para-hydroxylation sites is 1. The van der Waals surface area contributed by atoms with Gasteiger partial charge in [0.15, 0.2) is 6.10 Å². The zero-order valence-electron chi connectivity index (χ0n) is 13.6. The Hall–Kier alpha value is -2.27. The Morgan fingerprint density at radius 2 is 1.88 bits per heavy atom. The first-order valence-corrected chi connectivity index (χ1v) is 8.78. The normalized spacial score (nSPS) is 16.5. The van der Waals surface area contributed by atoms with Gasteiger partial charge in [0.25, 0.3) is 5.91 Å². The highest BCUT2D eigenvalue weighted by atomic mass is 32.2. The first-order valence-electron chi connectivity index (χ1n) is 7.90. The monoisotopic (exact) mass is 341 g/mol. The Morgan fingerprint density at radius 3 is 2.67 bits per heavy atom. The lowest BCUT2D eigenvalue weighted by molar-refractivity contribution is -0.125. The highest BCUT2D eigenvalue weighted by Gasteiger charge is 2.31. The molecule has 0 fully saturated rings. The molecule has 124 valence electrons. The van der Waals surface area contributed by atoms with Crippen molar-refractivity contribution in [3.63, 3.8) is 0 Å². The number of thioether (sulfide) groups is 1. The second kappa shape index (κ2) is 7.09. The minimum Gasteiger partial charge on any atom is -0.448 e. The molecule has 0 aromatic heterocycles. The SMILES string of the molecule is CC(C)Sc1ccccc1NC(=O)C1Cc2ccccc2C(=O)O1. The number of rotatable bonds is 4. The van der Waals surface area contributed by atoms with E-state index in [0.29, 0.717) is 17.2 Å². The van der Waals surface area contributed by atoms with Crippen LogP contribution in [0.4, 0.5) is 5.69 Å². The van der Waals surface area contributed by atoms with Gasteiger partial charge in [-0.05, 0) is 23.8 Å². The van der Waals surface area contributed by atoms with Gasteiger partial charge >= 0.3 is 5.97 Å². The van der Waals surface area contributed by atoms with Crippen LogP contribution in [-0.4, -0.2) is 23.2 Å². The number of carbonyl (C=O) groups is 2. The maximum atomic E-state index is 12.6. The second-order valence-corrected chi connectivity index (χ2v) is 7.53. The van der Waals surface area contributed by atoms with Crippen LogP contribution in [-0.2, 0) is 16.0 Å². The molecule has 5 heteroatoms. The van der Waals surface area contributed by atoms with Crippen molar-refractivity contribution >= 4 is 29.3 Å². The number of amides is 1. The predicted molar refractivity (Wildman–Crippen MR) is 95.4 cm³/mol. The molecule has 1 N–H and O–H groups in total. The minimum atomic E-state index is -0.801. The summed E-state index contributed by atoms with van der Waals surface area (Å²) in [6, 6.07) is 14.9. The van der Waals surface area contributed by atoms with Crippen molar-refractivity contribution in [1.82, 2.24) is 0 Å². The number of esters is 1. The van der Waals surface area contributed by atoms with Crippen LogP contribution in [0.1, 0.15) is 29.8 Å². The summed E-state index contributed by atoms with van der Waals surface area (Å²) in [6.45, 7) is 4.20. The number of benzene rings is 2. The summed E-state index contributed by atoms with van der Waals surface area (Å²) in [5.41, 5.74) is 2.13. The Labute approximate surface area is 145 Å². The lowest BCUT2D eigenvalue weighted by atomic mass is 9.98. The van der Waals surface area contributed by atoms with Crippen LogP contribution in [0.5, 0.6) is 0 Å². The first-order chi connectivity index (χ1) is 11.5. The smallest absolute Gasteiger partial charge is 0.339 e. The number of nitrogens with one attached hydrogen (secondary N) is 1. The van der Waals surface area contributed by atoms with E-state index >= 15 is 0 Å². The number of cyclic esters (lactones) is 1. The molecule has 0 bridgehead atoms. The molecule has 0 spiro atoms. The molecular weight excluding hydrogens is 322 g/mol. The molecule has 0 radical (unpaired) electrons. The molecule has 0 aliphatic carbocycles. The first kappa shape index (κ1) is 16.6. The summed E-state index contributed by atoms with van der Waals surface area (Å²) >= 11 is 1.68. The molecule has 3 rings (SSSR count). The second-order valence-electron chi connectivity index (χ2n) is 5.91. The number of anilines is 1. The average molecular weight is 341 g/mol. The quantitative estimate of drug-likeness (QED) is 0.677. The molecule has 1 atom stereocenters. The fourth-order valence-corrected chi connectivity index (χ4v) is 3.53. The molecular formula is C19H19NO3S. The van der Waals surface area contributed by atoms with Crippen LogP contribution in [0.25, 0.3) is 0 Å². The molecule has 1 aliphatic heterocycles. The van der Waals surface area contributed by atoms with Gasteiger partial charge in [0.2, 0.25) is 0 Å². The van der Waals surface area contributed by atoms with Crippen molar-refractivity contribution in [2.75, 3.05) is 5.32 Å². The van der Waals surface area contributed by atoms with E-state index in [-0.39, 0.29) is 5.91 Å². The van der Waals surface area contributed by atoms with Crippen molar-refractivity contribution in [3.8, 4) is 0 Å². The third-order valence-corrected chi connectivity index (χ3v) is 4.77. The number of ether oxygens (including phenoxy) is 1. The van der Waals surface area contributed by atoms with E-state index < -0.39 is 12.1 Å². The summed E-state index contributed by atoms with van der Waals surface area (Å²) in [7, 11) is 0. The number of fused-ring (bicyclic) bond motifs is 1. The van der Waals surface area contributed by atoms with Gasteiger partial charge in [0.1, 0.15) is 0 Å². The fourth-order valence-electron chi connectivity index (χ4n) is 2.62. The predicted octanol–water partition coefficient (Wildman–Crippen LogP) is 3.91. The van der Waals surface area contributed by atoms with Crippen LogP contribution in [0.2, 0.25) is 0 Å². The fraction of sp³-hybridized carbons (Fsp3) is 0.263. The standard InChI is InChI=1S/C19H19NO3S/c1-12(2)24-17-10-6-5-9-15(17)20-18(21)16-11-13-7-3-4-8-14(13)19(22)23-16/h3-10,12,16H,11H2,1-2H3,(H,20,21). The number of hydrogen-bond donors (Lipinski definition) is 1. The van der Waals surface area contributed by atoms with E-state index in [4.69, 9.17) is 4.74 Å². The highest BCUT2D eigenvalue weighted by molar-refractivity contribution is 8.00. The van der Waals surface area contributed by atoms with E-state index in [1.165, 1.54) is 0 Å². The third-order valence-electron chi connectivity index (χ3n) is 3.69. The van der Waals surface area contributed by atoms with E-state index in [2.05, 4.69) is 19.2 Å². The van der Waals surface area contributed by atoms with E-state index in [0.717, 1.165) is 16.1 Å². The zero-order valence-corrected chi connectivity index (χ0v) is 14.4. The molecule has 1 amide bonds. The van der Waals surface area contributed by atoms with Crippen LogP contribution in [0, 0.1) is 0 Å². The molecule has 4 nitrogen and oxygen atoms in total. The molecule has 1 unspecified atom stereocenters. The largest absolute Gasteiger partial charge is 0.448 e. The molecule has 2 aromatic carbocycles. The van der Waals surface area contributed by atoms with Crippen molar-refractivity contribution in [3.05, 3.63) is 59.7 Å². The van der Waals surface area contributed by atoms with Crippen molar-refractivity contribution in [1.29, 1.82) is 0 Å². The van der Waals surface area contributed by atoms with Gasteiger partial charge in [-0.25, -0.2) is 4.79 Å². The van der Waals surface area contributed by atoms with Gasteiger partial charge in [-0.2, -0.15) is 0 Å². The molecule has 0 saturated heterocycles. The Morgan fingerprint density at radius 1 is 1.17 bits per heavy atom. The molecule has 2 aromatic rings. The van der Waals surface area contributed by atoms with Crippen LogP contribution in [0.3, 0.4) is 0 Å². The van der Waals surface area contributed by atoms with Gasteiger partial charge in [-0.3, -0.25) is 4.79 Å². The Bertz CT molecular complexity index is 773. The van der Waals surface area contributed by atoms with E-state index in [9.17, 15) is 9.59 Å². The van der Waals surface area contributed by atoms with Crippen molar-refractivity contribution < 1.29 is 14.3 Å². The maximum absolute atomic E-state index is 12.6. The summed E-state index contributed by atoms with van der Waals surface area (Å²) in [6.07, 6.45) is -0.405. The number of carbonyl (C=O) groups excluding carboxylic acids is 2. The Kier molecular flexibility index (Phi) is 4.90. The summed E-state index contributed by atoms with van der Waals surface area (Å²) < 4.78 is 5.31. The maximum Gasteiger partial charge on any atom is 0.339 e. The van der Waals surface area contributed by atoms with Crippen molar-refractivity contribution in [2.24, 2.45) is 0 Å². The third kappa shape index (κ3) is 3.62. The summed E-state index contributed by atoms with van der Waals surface area (Å²) in [5.74, 6) is -0.739. The van der Waals surface area contributed by atoms with Gasteiger partial charge < -0.3 is 10.1 Å². The zero-order chi connectivity index (χ0) is 17.1. The van der Waals surface area contributed by atoms with Gasteiger partial charge in [-0.1, -0.05) is 44.2 Å². The molecule has 1 aliphatic rings. The Balaban J connectivity index is 1.76. The lowest BCUT2D eigenvalue weighted by Gasteiger charge is -2.24. The molecule has 0 saturated carbocycles. The lowest BCUT2D eigenvalue weighted by Crippen LogP contribution is -2.38. The molecule has 24 heavy (non-hydrogen) atoms. The summed E-state index contributed by atoms with van der Waals surface area (Å²) in [5, 5.41) is 3.31. The van der Waals surface area contributed by atoms with Crippen molar-refractivity contribution in [2.45, 2.75) is 36.5 Å². The minimum absolute atomic E-state index is 0.297. The topological polar surface area (TPSA) is 55.4 Å².